The smallest absolute Gasteiger partial charge is 0.262 e. The van der Waals surface area contributed by atoms with Crippen LogP contribution in [0.4, 0.5) is 0 Å². The van der Waals surface area contributed by atoms with E-state index in [0.717, 1.165) is 61.3 Å². The van der Waals surface area contributed by atoms with Crippen LogP contribution in [0.15, 0.2) is 12.1 Å². The van der Waals surface area contributed by atoms with Gasteiger partial charge in [0.15, 0.2) is 0 Å². The van der Waals surface area contributed by atoms with Crippen molar-refractivity contribution in [3.05, 3.63) is 28.8 Å². The summed E-state index contributed by atoms with van der Waals surface area (Å²) in [4.78, 5) is 54.6. The topological polar surface area (TPSA) is 108 Å². The number of hydrogen-bond donors (Lipinski definition) is 2. The van der Waals surface area contributed by atoms with Crippen molar-refractivity contribution in [3.63, 3.8) is 0 Å². The molecule has 11 heteroatoms. The normalized spacial score (nSPS) is 27.6. The summed E-state index contributed by atoms with van der Waals surface area (Å²) in [6, 6.07) is 3.28. The fourth-order valence-corrected chi connectivity index (χ4v) is 7.39. The average molecular weight is 610 g/mol. The molecule has 1 atom stereocenters. The number of nitrogens with zero attached hydrogens (tertiary/aromatic N) is 2. The minimum atomic E-state index is -0.965. The highest BCUT2D eigenvalue weighted by molar-refractivity contribution is 6.23. The molecule has 226 valence electrons. The molecule has 9 nitrogen and oxygen atoms in total. The van der Waals surface area contributed by atoms with E-state index < -0.39 is 23.8 Å². The second-order valence-electron chi connectivity index (χ2n) is 12.3. The summed E-state index contributed by atoms with van der Waals surface area (Å²) in [6.45, 7) is 8.30. The van der Waals surface area contributed by atoms with Gasteiger partial charge in [-0.2, -0.15) is 0 Å². The molecule has 41 heavy (non-hydrogen) atoms. The molecule has 1 unspecified atom stereocenters. The molecule has 5 aliphatic rings. The van der Waals surface area contributed by atoms with Gasteiger partial charge in [-0.05, 0) is 120 Å². The molecule has 6 rings (SSSR count). The van der Waals surface area contributed by atoms with E-state index in [9.17, 15) is 19.2 Å². The van der Waals surface area contributed by atoms with Crippen molar-refractivity contribution in [2.24, 2.45) is 11.8 Å². The van der Waals surface area contributed by atoms with Gasteiger partial charge < -0.3 is 15.0 Å². The van der Waals surface area contributed by atoms with Gasteiger partial charge in [0.2, 0.25) is 11.8 Å². The third-order valence-corrected chi connectivity index (χ3v) is 9.62. The molecule has 4 heterocycles. The van der Waals surface area contributed by atoms with Crippen molar-refractivity contribution in [3.8, 4) is 5.75 Å². The average Bonchev–Trinajstić information content (AvgIpc) is 3.12. The van der Waals surface area contributed by atoms with Crippen LogP contribution in [-0.2, 0) is 9.59 Å². The number of rotatable bonds is 6. The van der Waals surface area contributed by atoms with Crippen LogP contribution in [0.25, 0.3) is 0 Å². The standard InChI is InChI=1S/C30H40N4O5.2ClH/c1-17(2)39-26-16-24-23(29(37)34(30(24)38)25-3-4-27(35)32-28(25)36)15-22(26)19-7-11-33(12-8-19)21-13-20(14-21)18-5-9-31-10-6-18;;/h15-21,25,31H,3-14H2,1-2H3,(H,32,35,36);2*1H. The molecular formula is C30H42Cl2N4O5. The first-order chi connectivity index (χ1) is 18.8. The lowest BCUT2D eigenvalue weighted by Crippen LogP contribution is -2.54. The van der Waals surface area contributed by atoms with Gasteiger partial charge in [0, 0.05) is 12.5 Å². The predicted molar refractivity (Wildman–Crippen MR) is 159 cm³/mol. The first-order valence-corrected chi connectivity index (χ1v) is 14.8. The number of benzene rings is 1. The molecular weight excluding hydrogens is 567 g/mol. The largest absolute Gasteiger partial charge is 0.491 e. The minimum absolute atomic E-state index is 0. The molecule has 4 aliphatic heterocycles. The van der Waals surface area contributed by atoms with Crippen molar-refractivity contribution in [1.29, 1.82) is 0 Å². The lowest BCUT2D eigenvalue weighted by atomic mass is 9.68. The van der Waals surface area contributed by atoms with Crippen LogP contribution >= 0.6 is 24.8 Å². The molecule has 1 aromatic rings. The highest BCUT2D eigenvalue weighted by atomic mass is 35.5. The van der Waals surface area contributed by atoms with Crippen LogP contribution in [0.3, 0.4) is 0 Å². The Morgan fingerprint density at radius 1 is 0.854 bits per heavy atom. The van der Waals surface area contributed by atoms with E-state index >= 15 is 0 Å². The number of amides is 4. The lowest BCUT2D eigenvalue weighted by molar-refractivity contribution is -0.136. The molecule has 0 bridgehead atoms. The van der Waals surface area contributed by atoms with Gasteiger partial charge in [-0.3, -0.25) is 29.4 Å². The number of carbonyl (C=O) groups is 4. The maximum Gasteiger partial charge on any atom is 0.262 e. The highest BCUT2D eigenvalue weighted by Crippen LogP contribution is 2.44. The van der Waals surface area contributed by atoms with Gasteiger partial charge in [0.25, 0.3) is 11.8 Å². The summed E-state index contributed by atoms with van der Waals surface area (Å²) in [7, 11) is 0. The number of hydrogen-bond acceptors (Lipinski definition) is 7. The van der Waals surface area contributed by atoms with Crippen molar-refractivity contribution < 1.29 is 23.9 Å². The summed E-state index contributed by atoms with van der Waals surface area (Å²) in [5.74, 6) is 0.750. The van der Waals surface area contributed by atoms with E-state index in [1.165, 1.54) is 25.7 Å². The number of piperidine rings is 3. The van der Waals surface area contributed by atoms with E-state index in [4.69, 9.17) is 4.74 Å². The molecule has 1 aromatic carbocycles. The summed E-state index contributed by atoms with van der Waals surface area (Å²) in [5, 5.41) is 5.74. The highest BCUT2D eigenvalue weighted by Gasteiger charge is 2.46. The zero-order chi connectivity index (χ0) is 27.3. The molecule has 4 fully saturated rings. The van der Waals surface area contributed by atoms with Crippen molar-refractivity contribution in [2.45, 2.75) is 89.3 Å². The molecule has 0 aromatic heterocycles. The van der Waals surface area contributed by atoms with Gasteiger partial charge in [0.05, 0.1) is 17.2 Å². The number of ether oxygens (including phenoxy) is 1. The van der Waals surface area contributed by atoms with Crippen LogP contribution in [-0.4, -0.2) is 77.8 Å². The van der Waals surface area contributed by atoms with Crippen LogP contribution < -0.4 is 15.4 Å². The quantitative estimate of drug-likeness (QED) is 0.474. The number of halogens is 2. The Kier molecular flexibility index (Phi) is 10.0. The van der Waals surface area contributed by atoms with Gasteiger partial charge >= 0.3 is 0 Å². The zero-order valence-electron chi connectivity index (χ0n) is 23.9. The first kappa shape index (κ1) is 31.7. The number of nitrogens with one attached hydrogen (secondary N) is 2. The molecule has 0 spiro atoms. The van der Waals surface area contributed by atoms with E-state index in [1.54, 1.807) is 6.07 Å². The zero-order valence-corrected chi connectivity index (χ0v) is 25.5. The summed E-state index contributed by atoms with van der Waals surface area (Å²) in [5.41, 5.74) is 1.59. The van der Waals surface area contributed by atoms with E-state index in [2.05, 4.69) is 15.5 Å². The fraction of sp³-hybridized carbons (Fsp3) is 0.667. The molecule has 0 radical (unpaired) electrons. The molecule has 4 amide bonds. The predicted octanol–water partition coefficient (Wildman–Crippen LogP) is 3.68. The van der Waals surface area contributed by atoms with E-state index in [-0.39, 0.29) is 61.1 Å². The van der Waals surface area contributed by atoms with E-state index in [1.807, 2.05) is 19.9 Å². The Hall–Kier alpha value is -2.20. The summed E-state index contributed by atoms with van der Waals surface area (Å²) >= 11 is 0. The maximum absolute atomic E-state index is 13.4. The lowest BCUT2D eigenvalue weighted by Gasteiger charge is -2.49. The minimum Gasteiger partial charge on any atom is -0.491 e. The molecule has 1 saturated carbocycles. The fourth-order valence-electron chi connectivity index (χ4n) is 7.39. The van der Waals surface area contributed by atoms with Gasteiger partial charge in [-0.25, -0.2) is 0 Å². The van der Waals surface area contributed by atoms with Crippen molar-refractivity contribution >= 4 is 48.4 Å². The van der Waals surface area contributed by atoms with Gasteiger partial charge in [-0.1, -0.05) is 0 Å². The van der Waals surface area contributed by atoms with Crippen molar-refractivity contribution in [2.75, 3.05) is 26.2 Å². The number of imide groups is 2. The first-order valence-electron chi connectivity index (χ1n) is 14.8. The SMILES string of the molecule is CC(C)Oc1cc2c(cc1C1CCN(C3CC(C4CCNCC4)C3)CC1)C(=O)N(C1CCC(=O)NC1=O)C2=O.Cl.Cl. The third-order valence-electron chi connectivity index (χ3n) is 9.62. The summed E-state index contributed by atoms with van der Waals surface area (Å²) in [6.07, 6.45) is 7.43. The van der Waals surface area contributed by atoms with Crippen LogP contribution in [0.5, 0.6) is 5.75 Å². The number of likely N-dealkylation sites (tertiary alicyclic amines) is 1. The Balaban J connectivity index is 0.00000194. The second-order valence-corrected chi connectivity index (χ2v) is 12.3. The Labute approximate surface area is 254 Å². The second kappa shape index (κ2) is 13.0. The Morgan fingerprint density at radius 3 is 2.10 bits per heavy atom. The third kappa shape index (κ3) is 6.14. The van der Waals surface area contributed by atoms with Crippen molar-refractivity contribution in [1.82, 2.24) is 20.4 Å². The Morgan fingerprint density at radius 2 is 1.49 bits per heavy atom. The molecule has 3 saturated heterocycles. The molecule has 1 aliphatic carbocycles. The van der Waals surface area contributed by atoms with Crippen LogP contribution in [0.2, 0.25) is 0 Å². The van der Waals surface area contributed by atoms with Gasteiger partial charge in [-0.15, -0.1) is 24.8 Å². The Bertz CT molecular complexity index is 1170. The summed E-state index contributed by atoms with van der Waals surface area (Å²) < 4.78 is 6.19. The number of fused-ring (bicyclic) bond motifs is 1. The number of carbonyl (C=O) groups excluding carboxylic acids is 4. The van der Waals surface area contributed by atoms with E-state index in [0.29, 0.717) is 17.4 Å². The maximum atomic E-state index is 13.4. The van der Waals surface area contributed by atoms with Crippen LogP contribution in [0, 0.1) is 11.8 Å². The van der Waals surface area contributed by atoms with Crippen LogP contribution in [0.1, 0.15) is 97.4 Å². The monoisotopic (exact) mass is 608 g/mol. The molecule has 2 N–H and O–H groups in total. The van der Waals surface area contributed by atoms with Gasteiger partial charge in [0.1, 0.15) is 11.8 Å².